The van der Waals surface area contributed by atoms with E-state index >= 15 is 0 Å². The fraction of sp³-hybridized carbons (Fsp3) is 1.00. The second kappa shape index (κ2) is 5.05. The van der Waals surface area contributed by atoms with Crippen molar-refractivity contribution in [2.75, 3.05) is 14.2 Å². The lowest BCUT2D eigenvalue weighted by Crippen LogP contribution is -2.84. The summed E-state index contributed by atoms with van der Waals surface area (Å²) in [5, 5.41) is 0. The van der Waals surface area contributed by atoms with Gasteiger partial charge in [0.25, 0.3) is 0 Å². The van der Waals surface area contributed by atoms with E-state index in [1.165, 1.54) is 0 Å². The lowest BCUT2D eigenvalue weighted by Gasteiger charge is -2.62. The molecule has 0 saturated heterocycles. The summed E-state index contributed by atoms with van der Waals surface area (Å²) in [5.41, 5.74) is 0. The molecular weight excluding hydrogens is 268 g/mol. The molecule has 15 heavy (non-hydrogen) atoms. The minimum Gasteiger partial charge on any atom is -0.829 e. The van der Waals surface area contributed by atoms with Gasteiger partial charge >= 0.3 is 0 Å². The average Bonchev–Trinajstić information content (AvgIpc) is 2.00. The van der Waals surface area contributed by atoms with Crippen molar-refractivity contribution in [2.45, 2.75) is 0 Å². The van der Waals surface area contributed by atoms with Crippen LogP contribution in [-0.4, -0.2) is 41.4 Å². The first-order valence-corrected chi connectivity index (χ1v) is 8.16. The van der Waals surface area contributed by atoms with E-state index in [-0.39, 0.29) is 0 Å². The summed E-state index contributed by atoms with van der Waals surface area (Å²) in [6.45, 7) is 0. The molecule has 0 rings (SSSR count). The second-order valence-electron chi connectivity index (χ2n) is 2.11. The van der Waals surface area contributed by atoms with Crippen molar-refractivity contribution < 1.29 is 45.9 Å². The molecule has 0 fully saturated rings. The van der Waals surface area contributed by atoms with Gasteiger partial charge in [-0.15, -0.1) is 0 Å². The topological polar surface area (TPSA) is 175 Å². The average molecular weight is 274 g/mol. The van der Waals surface area contributed by atoms with E-state index in [4.69, 9.17) is 0 Å². The Bertz CT molecular complexity index is 183. The lowest BCUT2D eigenvalue weighted by molar-refractivity contribution is -0.493. The zero-order valence-corrected chi connectivity index (χ0v) is 10.6. The predicted molar refractivity (Wildman–Crippen MR) is 33.4 cm³/mol. The highest BCUT2D eigenvalue weighted by atomic mass is 28.5. The molecule has 0 unspecified atom stereocenters. The Morgan fingerprint density at radius 2 is 0.867 bits per heavy atom. The van der Waals surface area contributed by atoms with Gasteiger partial charge in [-0.1, -0.05) is 0 Å². The number of hydrogen-bond acceptors (Lipinski definition) is 10. The van der Waals surface area contributed by atoms with Crippen LogP contribution in [-0.2, 0) is 17.1 Å². The first-order chi connectivity index (χ1) is 6.54. The van der Waals surface area contributed by atoms with E-state index in [1.807, 2.05) is 0 Å². The molecular formula is C2H6O10Si3-6. The highest BCUT2D eigenvalue weighted by molar-refractivity contribution is 6.67. The quantitative estimate of drug-likeness (QED) is 0.422. The molecule has 0 bridgehead atoms. The van der Waals surface area contributed by atoms with Gasteiger partial charge in [-0.25, -0.2) is 0 Å². The molecule has 0 aromatic rings. The summed E-state index contributed by atoms with van der Waals surface area (Å²) in [7, 11) is -15.5. The molecule has 92 valence electrons. The van der Waals surface area contributed by atoms with Crippen LogP contribution in [0.4, 0.5) is 0 Å². The molecule has 10 nitrogen and oxygen atoms in total. The maximum atomic E-state index is 10.7. The molecule has 0 aromatic heterocycles. The minimum absolute atomic E-state index is 0.631. The summed E-state index contributed by atoms with van der Waals surface area (Å²) < 4.78 is 14.1. The Hall–Kier alpha value is 0.251. The van der Waals surface area contributed by atoms with E-state index in [1.54, 1.807) is 0 Å². The standard InChI is InChI=1S/C2H6O10Si3/c1-9-13(3,4)11-15(7,8)12-14(5,6)10-2/h1-2H3/q-6. The van der Waals surface area contributed by atoms with Gasteiger partial charge in [0.15, 0.2) is 0 Å². The van der Waals surface area contributed by atoms with Gasteiger partial charge in [-0.2, -0.15) is 0 Å². The molecule has 0 aromatic carbocycles. The lowest BCUT2D eigenvalue weighted by atomic mass is 11.8. The van der Waals surface area contributed by atoms with E-state index in [2.05, 4.69) is 17.1 Å². The molecule has 0 aliphatic carbocycles. The van der Waals surface area contributed by atoms with Crippen molar-refractivity contribution in [3.8, 4) is 0 Å². The van der Waals surface area contributed by atoms with Crippen molar-refractivity contribution in [1.82, 2.24) is 0 Å². The highest BCUT2D eigenvalue weighted by Crippen LogP contribution is 1.99. The van der Waals surface area contributed by atoms with Gasteiger partial charge in [-0.05, 0) is 0 Å². The minimum atomic E-state index is -5.89. The van der Waals surface area contributed by atoms with Crippen molar-refractivity contribution in [3.63, 3.8) is 0 Å². The SMILES string of the molecule is CO[Si]([O-])([O-])O[Si]([O-])([O-])O[Si]([O-])([O-])OC. The van der Waals surface area contributed by atoms with Crippen LogP contribution in [0.25, 0.3) is 0 Å². The van der Waals surface area contributed by atoms with E-state index in [0.717, 1.165) is 0 Å². The largest absolute Gasteiger partial charge is 0.829 e. The monoisotopic (exact) mass is 274 g/mol. The maximum absolute atomic E-state index is 10.7. The molecule has 0 spiro atoms. The van der Waals surface area contributed by atoms with Crippen molar-refractivity contribution in [3.05, 3.63) is 0 Å². The molecule has 0 amide bonds. The highest BCUT2D eigenvalue weighted by Gasteiger charge is 2.16. The van der Waals surface area contributed by atoms with Gasteiger partial charge in [0.2, 0.25) is 0 Å². The third-order valence-electron chi connectivity index (χ3n) is 1.00. The molecule has 0 atom stereocenters. The summed E-state index contributed by atoms with van der Waals surface area (Å²) in [6.07, 6.45) is 0. The van der Waals surface area contributed by atoms with Crippen LogP contribution in [0.2, 0.25) is 0 Å². The Morgan fingerprint density at radius 1 is 0.600 bits per heavy atom. The first-order valence-electron chi connectivity index (χ1n) is 3.27. The summed E-state index contributed by atoms with van der Waals surface area (Å²) >= 11 is 0. The van der Waals surface area contributed by atoms with Crippen molar-refractivity contribution in [1.29, 1.82) is 0 Å². The van der Waals surface area contributed by atoms with Crippen LogP contribution in [0.1, 0.15) is 0 Å². The molecule has 0 aliphatic heterocycles. The van der Waals surface area contributed by atoms with E-state index < -0.39 is 27.1 Å². The smallest absolute Gasteiger partial charge is 0.134 e. The summed E-state index contributed by atoms with van der Waals surface area (Å²) in [5.74, 6) is 0. The van der Waals surface area contributed by atoms with E-state index in [0.29, 0.717) is 14.2 Å². The van der Waals surface area contributed by atoms with Crippen LogP contribution in [0.3, 0.4) is 0 Å². The van der Waals surface area contributed by atoms with Gasteiger partial charge in [0, 0.05) is 14.2 Å². The van der Waals surface area contributed by atoms with Gasteiger partial charge in [0.1, 0.15) is 27.1 Å². The summed E-state index contributed by atoms with van der Waals surface area (Å²) in [6, 6.07) is 0. The van der Waals surface area contributed by atoms with Gasteiger partial charge < -0.3 is 45.9 Å². The Balaban J connectivity index is 4.43. The van der Waals surface area contributed by atoms with Crippen LogP contribution >= 0.6 is 0 Å². The second-order valence-corrected chi connectivity index (χ2v) is 7.56. The summed E-state index contributed by atoms with van der Waals surface area (Å²) in [4.78, 5) is 63.5. The van der Waals surface area contributed by atoms with Gasteiger partial charge in [0.05, 0.1) is 0 Å². The Morgan fingerprint density at radius 3 is 1.07 bits per heavy atom. The van der Waals surface area contributed by atoms with E-state index in [9.17, 15) is 28.8 Å². The predicted octanol–water partition coefficient (Wildman–Crippen LogP) is -8.22. The first kappa shape index (κ1) is 15.3. The third kappa shape index (κ3) is 6.42. The molecule has 0 N–H and O–H groups in total. The molecule has 0 aliphatic rings. The Kier molecular flexibility index (Phi) is 5.14. The number of hydrogen-bond donors (Lipinski definition) is 0. The fourth-order valence-corrected chi connectivity index (χ4v) is 4.07. The van der Waals surface area contributed by atoms with Crippen molar-refractivity contribution >= 4 is 27.1 Å². The van der Waals surface area contributed by atoms with Crippen LogP contribution in [0.15, 0.2) is 0 Å². The fourth-order valence-electron chi connectivity index (χ4n) is 0.410. The zero-order valence-electron chi connectivity index (χ0n) is 7.58. The Labute approximate surface area is 87.9 Å². The molecule has 13 heteroatoms. The molecule has 0 saturated carbocycles. The zero-order chi connectivity index (χ0) is 12.3. The van der Waals surface area contributed by atoms with Gasteiger partial charge in [-0.3, -0.25) is 0 Å². The molecule has 0 radical (unpaired) electrons. The van der Waals surface area contributed by atoms with Crippen LogP contribution < -0.4 is 28.8 Å². The van der Waals surface area contributed by atoms with Crippen LogP contribution in [0, 0.1) is 0 Å². The normalized spacial score (nSPS) is 14.4. The molecule has 0 heterocycles. The van der Waals surface area contributed by atoms with Crippen molar-refractivity contribution in [2.24, 2.45) is 0 Å². The maximum Gasteiger partial charge on any atom is 0.134 e. The number of rotatable bonds is 6. The van der Waals surface area contributed by atoms with Crippen LogP contribution in [0.5, 0.6) is 0 Å². The third-order valence-corrected chi connectivity index (χ3v) is 6.00.